The normalized spacial score (nSPS) is 15.9. The fourth-order valence-corrected chi connectivity index (χ4v) is 3.64. The van der Waals surface area contributed by atoms with Gasteiger partial charge in [0.25, 0.3) is 11.8 Å². The van der Waals surface area contributed by atoms with Gasteiger partial charge >= 0.3 is 0 Å². The number of carbonyl (C=O) groups is 3. The van der Waals surface area contributed by atoms with E-state index in [-0.39, 0.29) is 36.3 Å². The average Bonchev–Trinajstić information content (AvgIpc) is 3.51. The molecule has 2 saturated carbocycles. The third-order valence-corrected chi connectivity index (χ3v) is 5.54. The van der Waals surface area contributed by atoms with Crippen LogP contribution in [0, 0.1) is 5.92 Å². The molecule has 0 unspecified atom stereocenters. The highest BCUT2D eigenvalue weighted by atomic mass is 16.5. The van der Waals surface area contributed by atoms with Crippen molar-refractivity contribution in [3.05, 3.63) is 54.1 Å². The topological polar surface area (TPSA) is 96.5 Å². The molecule has 162 valence electrons. The second-order valence-electron chi connectivity index (χ2n) is 8.16. The standard InChI is InChI=1S/C24H27N3O4/c28-22(15-31-21-7-3-6-20(14-21)27-24(30)16-8-9-16)25-19-12-10-17(11-13-19)23(29)26-18-4-1-2-5-18/h3,6-7,10-14,16,18H,1-2,4-5,8-9,15H2,(H,25,28)(H,26,29)(H,27,30). The fourth-order valence-electron chi connectivity index (χ4n) is 3.64. The van der Waals surface area contributed by atoms with Gasteiger partial charge in [-0.2, -0.15) is 0 Å². The number of benzene rings is 2. The Morgan fingerprint density at radius 2 is 1.61 bits per heavy atom. The molecule has 7 nitrogen and oxygen atoms in total. The van der Waals surface area contributed by atoms with Gasteiger partial charge < -0.3 is 20.7 Å². The van der Waals surface area contributed by atoms with Crippen LogP contribution >= 0.6 is 0 Å². The summed E-state index contributed by atoms with van der Waals surface area (Å²) in [7, 11) is 0. The van der Waals surface area contributed by atoms with Crippen LogP contribution in [-0.2, 0) is 9.59 Å². The van der Waals surface area contributed by atoms with Crippen molar-refractivity contribution >= 4 is 29.1 Å². The van der Waals surface area contributed by atoms with Gasteiger partial charge in [-0.05, 0) is 62.1 Å². The molecule has 0 aliphatic heterocycles. The first kappa shape index (κ1) is 20.9. The minimum absolute atomic E-state index is 0.0234. The molecule has 2 aromatic carbocycles. The summed E-state index contributed by atoms with van der Waals surface area (Å²) in [5.41, 5.74) is 1.82. The largest absolute Gasteiger partial charge is 0.484 e. The SMILES string of the molecule is O=C(COc1cccc(NC(=O)C2CC2)c1)Nc1ccc(C(=O)NC2CCCC2)cc1. The Kier molecular flexibility index (Phi) is 6.50. The highest BCUT2D eigenvalue weighted by molar-refractivity contribution is 5.96. The summed E-state index contributed by atoms with van der Waals surface area (Å²) in [5, 5.41) is 8.66. The Morgan fingerprint density at radius 3 is 2.32 bits per heavy atom. The lowest BCUT2D eigenvalue weighted by Gasteiger charge is -2.12. The van der Waals surface area contributed by atoms with Crippen LogP contribution in [0.25, 0.3) is 0 Å². The first-order valence-corrected chi connectivity index (χ1v) is 10.8. The molecule has 7 heteroatoms. The second-order valence-corrected chi connectivity index (χ2v) is 8.16. The molecule has 0 bridgehead atoms. The zero-order valence-electron chi connectivity index (χ0n) is 17.4. The predicted molar refractivity (Wildman–Crippen MR) is 118 cm³/mol. The molecule has 0 atom stereocenters. The van der Waals surface area contributed by atoms with Crippen LogP contribution in [0.4, 0.5) is 11.4 Å². The smallest absolute Gasteiger partial charge is 0.262 e. The lowest BCUT2D eigenvalue weighted by Crippen LogP contribution is -2.32. The van der Waals surface area contributed by atoms with Crippen molar-refractivity contribution in [2.75, 3.05) is 17.2 Å². The highest BCUT2D eigenvalue weighted by Crippen LogP contribution is 2.30. The van der Waals surface area contributed by atoms with Crippen molar-refractivity contribution in [1.29, 1.82) is 0 Å². The molecule has 2 fully saturated rings. The molecule has 4 rings (SSSR count). The molecule has 2 aromatic rings. The van der Waals surface area contributed by atoms with Crippen LogP contribution in [0.15, 0.2) is 48.5 Å². The maximum atomic E-state index is 12.3. The first-order chi connectivity index (χ1) is 15.1. The van der Waals surface area contributed by atoms with Gasteiger partial charge in [-0.25, -0.2) is 0 Å². The summed E-state index contributed by atoms with van der Waals surface area (Å²) >= 11 is 0. The van der Waals surface area contributed by atoms with Gasteiger partial charge in [-0.1, -0.05) is 18.9 Å². The number of amides is 3. The molecule has 0 spiro atoms. The van der Waals surface area contributed by atoms with Crippen LogP contribution in [0.5, 0.6) is 5.75 Å². The van der Waals surface area contributed by atoms with E-state index in [0.29, 0.717) is 22.7 Å². The zero-order chi connectivity index (χ0) is 21.6. The van der Waals surface area contributed by atoms with E-state index in [1.807, 2.05) is 0 Å². The molecular formula is C24H27N3O4. The lowest BCUT2D eigenvalue weighted by atomic mass is 10.1. The minimum atomic E-state index is -0.310. The van der Waals surface area contributed by atoms with E-state index in [0.717, 1.165) is 38.5 Å². The number of anilines is 2. The molecule has 0 radical (unpaired) electrons. The predicted octanol–water partition coefficient (Wildman–Crippen LogP) is 3.73. The summed E-state index contributed by atoms with van der Waals surface area (Å²) in [6.07, 6.45) is 6.28. The van der Waals surface area contributed by atoms with Crippen molar-refractivity contribution in [3.8, 4) is 5.75 Å². The molecule has 0 saturated heterocycles. The van der Waals surface area contributed by atoms with Crippen molar-refractivity contribution in [2.45, 2.75) is 44.6 Å². The molecular weight excluding hydrogens is 394 g/mol. The summed E-state index contributed by atoms with van der Waals surface area (Å²) in [6, 6.07) is 14.1. The molecule has 0 aromatic heterocycles. The van der Waals surface area contributed by atoms with Crippen molar-refractivity contribution in [2.24, 2.45) is 5.92 Å². The van der Waals surface area contributed by atoms with E-state index in [1.54, 1.807) is 48.5 Å². The Balaban J connectivity index is 1.24. The van der Waals surface area contributed by atoms with Crippen LogP contribution < -0.4 is 20.7 Å². The highest BCUT2D eigenvalue weighted by Gasteiger charge is 2.29. The van der Waals surface area contributed by atoms with Gasteiger partial charge in [-0.3, -0.25) is 14.4 Å². The van der Waals surface area contributed by atoms with Crippen molar-refractivity contribution < 1.29 is 19.1 Å². The zero-order valence-corrected chi connectivity index (χ0v) is 17.4. The Labute approximate surface area is 181 Å². The number of carbonyl (C=O) groups excluding carboxylic acids is 3. The van der Waals surface area contributed by atoms with Crippen LogP contribution in [0.1, 0.15) is 48.9 Å². The molecule has 3 amide bonds. The fraction of sp³-hybridized carbons (Fsp3) is 0.375. The van der Waals surface area contributed by atoms with Gasteiger partial charge in [-0.15, -0.1) is 0 Å². The molecule has 31 heavy (non-hydrogen) atoms. The number of ether oxygens (including phenoxy) is 1. The quantitative estimate of drug-likeness (QED) is 0.605. The Morgan fingerprint density at radius 1 is 0.871 bits per heavy atom. The van der Waals surface area contributed by atoms with E-state index in [9.17, 15) is 14.4 Å². The van der Waals surface area contributed by atoms with Gasteiger partial charge in [0.05, 0.1) is 0 Å². The third-order valence-electron chi connectivity index (χ3n) is 5.54. The molecule has 2 aliphatic rings. The molecule has 3 N–H and O–H groups in total. The Bertz CT molecular complexity index is 948. The van der Waals surface area contributed by atoms with Gasteiger partial charge in [0.2, 0.25) is 5.91 Å². The number of hydrogen-bond donors (Lipinski definition) is 3. The number of hydrogen-bond acceptors (Lipinski definition) is 4. The van der Waals surface area contributed by atoms with Gasteiger partial charge in [0.1, 0.15) is 5.75 Å². The van der Waals surface area contributed by atoms with E-state index in [2.05, 4.69) is 16.0 Å². The monoisotopic (exact) mass is 421 g/mol. The molecule has 0 heterocycles. The first-order valence-electron chi connectivity index (χ1n) is 10.8. The van der Waals surface area contributed by atoms with Gasteiger partial charge in [0, 0.05) is 35.0 Å². The van der Waals surface area contributed by atoms with E-state index in [1.165, 1.54) is 0 Å². The van der Waals surface area contributed by atoms with Crippen LogP contribution in [0.2, 0.25) is 0 Å². The molecule has 2 aliphatic carbocycles. The van der Waals surface area contributed by atoms with Crippen LogP contribution in [0.3, 0.4) is 0 Å². The van der Waals surface area contributed by atoms with Crippen LogP contribution in [-0.4, -0.2) is 30.4 Å². The van der Waals surface area contributed by atoms with E-state index < -0.39 is 0 Å². The van der Waals surface area contributed by atoms with Crippen molar-refractivity contribution in [1.82, 2.24) is 5.32 Å². The summed E-state index contributed by atoms with van der Waals surface area (Å²) in [5.74, 6) is 0.255. The summed E-state index contributed by atoms with van der Waals surface area (Å²) < 4.78 is 5.55. The maximum absolute atomic E-state index is 12.3. The summed E-state index contributed by atoms with van der Waals surface area (Å²) in [4.78, 5) is 36.4. The average molecular weight is 421 g/mol. The van der Waals surface area contributed by atoms with Crippen molar-refractivity contribution in [3.63, 3.8) is 0 Å². The lowest BCUT2D eigenvalue weighted by molar-refractivity contribution is -0.118. The van der Waals surface area contributed by atoms with Gasteiger partial charge in [0.15, 0.2) is 6.61 Å². The number of rotatable bonds is 8. The minimum Gasteiger partial charge on any atom is -0.484 e. The maximum Gasteiger partial charge on any atom is 0.262 e. The number of nitrogens with one attached hydrogen (secondary N) is 3. The summed E-state index contributed by atoms with van der Waals surface area (Å²) in [6.45, 7) is -0.163. The van der Waals surface area contributed by atoms with E-state index >= 15 is 0 Å². The Hall–Kier alpha value is -3.35. The second kappa shape index (κ2) is 9.64. The third kappa shape index (κ3) is 6.07. The van der Waals surface area contributed by atoms with E-state index in [4.69, 9.17) is 4.74 Å².